The van der Waals surface area contributed by atoms with E-state index in [0.717, 1.165) is 12.0 Å². The van der Waals surface area contributed by atoms with E-state index in [-0.39, 0.29) is 17.2 Å². The minimum absolute atomic E-state index is 0.0496. The van der Waals surface area contributed by atoms with Crippen molar-refractivity contribution in [2.45, 2.75) is 26.3 Å². The van der Waals surface area contributed by atoms with Crippen LogP contribution in [0.4, 0.5) is 11.4 Å². The Morgan fingerprint density at radius 1 is 0.973 bits per heavy atom. The van der Waals surface area contributed by atoms with E-state index < -0.39 is 17.7 Å². The van der Waals surface area contributed by atoms with Gasteiger partial charge in [0.1, 0.15) is 5.76 Å². The number of amides is 2. The first kappa shape index (κ1) is 25.5. The Hall–Kier alpha value is -4.59. The average molecular weight is 501 g/mol. The van der Waals surface area contributed by atoms with Crippen molar-refractivity contribution in [2.24, 2.45) is 0 Å². The second-order valence-corrected chi connectivity index (χ2v) is 8.57. The SMILES string of the molecule is CCc1ccc(C2/C(=C(\O)c3ccc(OC)c(OC)c3)C(=O)C(=O)N2c2cccc(NC(C)=O)c2)cc1. The molecule has 4 rings (SSSR count). The van der Waals surface area contributed by atoms with E-state index in [9.17, 15) is 19.5 Å². The average Bonchev–Trinajstić information content (AvgIpc) is 3.17. The van der Waals surface area contributed by atoms with Gasteiger partial charge in [0.25, 0.3) is 11.7 Å². The molecule has 8 nitrogen and oxygen atoms in total. The Morgan fingerprint density at radius 2 is 1.68 bits per heavy atom. The summed E-state index contributed by atoms with van der Waals surface area (Å²) in [7, 11) is 2.97. The summed E-state index contributed by atoms with van der Waals surface area (Å²) < 4.78 is 10.6. The van der Waals surface area contributed by atoms with Crippen molar-refractivity contribution in [2.75, 3.05) is 24.4 Å². The predicted molar refractivity (Wildman–Crippen MR) is 141 cm³/mol. The monoisotopic (exact) mass is 500 g/mol. The van der Waals surface area contributed by atoms with Crippen LogP contribution in [-0.2, 0) is 20.8 Å². The van der Waals surface area contributed by atoms with Crippen molar-refractivity contribution in [3.8, 4) is 11.5 Å². The molecule has 190 valence electrons. The summed E-state index contributed by atoms with van der Waals surface area (Å²) >= 11 is 0. The third kappa shape index (κ3) is 4.91. The number of Topliss-reactive ketones (excluding diaryl/α,β-unsaturated/α-hetero) is 1. The van der Waals surface area contributed by atoms with Gasteiger partial charge < -0.3 is 19.9 Å². The molecule has 0 bridgehead atoms. The van der Waals surface area contributed by atoms with Crippen LogP contribution < -0.4 is 19.7 Å². The fourth-order valence-corrected chi connectivity index (χ4v) is 4.43. The van der Waals surface area contributed by atoms with Crippen LogP contribution >= 0.6 is 0 Å². The number of rotatable bonds is 7. The molecule has 1 fully saturated rings. The summed E-state index contributed by atoms with van der Waals surface area (Å²) in [6, 6.07) is 18.1. The molecule has 2 N–H and O–H groups in total. The zero-order valence-corrected chi connectivity index (χ0v) is 21.1. The maximum atomic E-state index is 13.4. The fraction of sp³-hybridized carbons (Fsp3) is 0.207. The van der Waals surface area contributed by atoms with E-state index in [1.54, 1.807) is 42.5 Å². The minimum Gasteiger partial charge on any atom is -0.507 e. The number of nitrogens with zero attached hydrogens (tertiary/aromatic N) is 1. The molecule has 1 atom stereocenters. The molecule has 0 aliphatic carbocycles. The van der Waals surface area contributed by atoms with Crippen LogP contribution in [0.2, 0.25) is 0 Å². The van der Waals surface area contributed by atoms with Gasteiger partial charge >= 0.3 is 0 Å². The Kier molecular flexibility index (Phi) is 7.29. The molecule has 0 radical (unpaired) electrons. The topological polar surface area (TPSA) is 105 Å². The number of nitrogens with one attached hydrogen (secondary N) is 1. The lowest BCUT2D eigenvalue weighted by atomic mass is 9.94. The van der Waals surface area contributed by atoms with Crippen molar-refractivity contribution in [3.05, 3.63) is 89.0 Å². The largest absolute Gasteiger partial charge is 0.507 e. The van der Waals surface area contributed by atoms with Crippen molar-refractivity contribution in [3.63, 3.8) is 0 Å². The Morgan fingerprint density at radius 3 is 2.30 bits per heavy atom. The van der Waals surface area contributed by atoms with Gasteiger partial charge in [-0.3, -0.25) is 19.3 Å². The van der Waals surface area contributed by atoms with Crippen LogP contribution in [0.3, 0.4) is 0 Å². The highest BCUT2D eigenvalue weighted by molar-refractivity contribution is 6.51. The Balaban J connectivity index is 1.92. The highest BCUT2D eigenvalue weighted by Gasteiger charge is 2.47. The first-order valence-corrected chi connectivity index (χ1v) is 11.8. The van der Waals surface area contributed by atoms with Gasteiger partial charge in [-0.25, -0.2) is 0 Å². The van der Waals surface area contributed by atoms with Gasteiger partial charge in [-0.15, -0.1) is 0 Å². The molecule has 0 saturated carbocycles. The van der Waals surface area contributed by atoms with Gasteiger partial charge in [0.2, 0.25) is 5.91 Å². The number of anilines is 2. The molecule has 0 aromatic heterocycles. The van der Waals surface area contributed by atoms with Crippen LogP contribution in [0.15, 0.2) is 72.3 Å². The third-order valence-electron chi connectivity index (χ3n) is 6.25. The first-order chi connectivity index (χ1) is 17.8. The lowest BCUT2D eigenvalue weighted by molar-refractivity contribution is -0.132. The van der Waals surface area contributed by atoms with Gasteiger partial charge in [-0.1, -0.05) is 37.3 Å². The third-order valence-corrected chi connectivity index (χ3v) is 6.25. The minimum atomic E-state index is -0.897. The molecular weight excluding hydrogens is 472 g/mol. The number of ether oxygens (including phenoxy) is 2. The number of aryl methyl sites for hydroxylation is 1. The summed E-state index contributed by atoms with van der Waals surface area (Å²) in [5, 5.41) is 14.1. The predicted octanol–water partition coefficient (Wildman–Crippen LogP) is 4.85. The van der Waals surface area contributed by atoms with Crippen molar-refractivity contribution in [1.82, 2.24) is 0 Å². The second kappa shape index (κ2) is 10.6. The number of carbonyl (C=O) groups excluding carboxylic acids is 3. The van der Waals surface area contributed by atoms with Crippen molar-refractivity contribution in [1.29, 1.82) is 0 Å². The van der Waals surface area contributed by atoms with Gasteiger partial charge in [-0.2, -0.15) is 0 Å². The molecule has 1 aliphatic heterocycles. The Bertz CT molecular complexity index is 1390. The van der Waals surface area contributed by atoms with Gasteiger partial charge in [0, 0.05) is 23.9 Å². The Labute approximate surface area is 215 Å². The summed E-state index contributed by atoms with van der Waals surface area (Å²) in [6.45, 7) is 3.42. The quantitative estimate of drug-likeness (QED) is 0.273. The van der Waals surface area contributed by atoms with E-state index in [1.807, 2.05) is 31.2 Å². The molecule has 37 heavy (non-hydrogen) atoms. The lowest BCUT2D eigenvalue weighted by Crippen LogP contribution is -2.29. The molecule has 2 amide bonds. The number of carbonyl (C=O) groups is 3. The summed E-state index contributed by atoms with van der Waals surface area (Å²) in [5.74, 6) is -1.37. The molecule has 1 saturated heterocycles. The van der Waals surface area contributed by atoms with Crippen LogP contribution in [0.1, 0.15) is 36.6 Å². The highest BCUT2D eigenvalue weighted by Crippen LogP contribution is 2.43. The number of benzene rings is 3. The molecule has 3 aromatic rings. The van der Waals surface area contributed by atoms with Gasteiger partial charge in [0.05, 0.1) is 25.8 Å². The maximum absolute atomic E-state index is 13.4. The van der Waals surface area contributed by atoms with E-state index in [1.165, 1.54) is 26.0 Å². The van der Waals surface area contributed by atoms with Crippen molar-refractivity contribution >= 4 is 34.7 Å². The molecule has 1 heterocycles. The second-order valence-electron chi connectivity index (χ2n) is 8.57. The summed E-state index contributed by atoms with van der Waals surface area (Å²) in [4.78, 5) is 39.8. The van der Waals surface area contributed by atoms with Crippen LogP contribution in [0, 0.1) is 0 Å². The first-order valence-electron chi connectivity index (χ1n) is 11.8. The summed E-state index contributed by atoms with van der Waals surface area (Å²) in [5.41, 5.74) is 2.89. The zero-order chi connectivity index (χ0) is 26.7. The zero-order valence-electron chi connectivity index (χ0n) is 21.1. The molecule has 8 heteroatoms. The number of methoxy groups -OCH3 is 2. The van der Waals surface area contributed by atoms with E-state index in [2.05, 4.69) is 5.32 Å². The summed E-state index contributed by atoms with van der Waals surface area (Å²) in [6.07, 6.45) is 0.824. The standard InChI is InChI=1S/C29H28N2O6/c1-5-18-9-11-19(12-10-18)26-25(27(33)20-13-14-23(36-3)24(15-20)37-4)28(34)29(35)31(26)22-8-6-7-21(16-22)30-17(2)32/h6-16,26,33H,5H2,1-4H3,(H,30,32)/b27-25+. The van der Waals surface area contributed by atoms with Crippen LogP contribution in [0.25, 0.3) is 5.76 Å². The van der Waals surface area contributed by atoms with E-state index >= 15 is 0 Å². The number of hydrogen-bond donors (Lipinski definition) is 2. The molecule has 1 aliphatic rings. The van der Waals surface area contributed by atoms with Gasteiger partial charge in [0.15, 0.2) is 11.5 Å². The van der Waals surface area contributed by atoms with E-state index in [0.29, 0.717) is 34.0 Å². The van der Waals surface area contributed by atoms with Crippen molar-refractivity contribution < 1.29 is 29.0 Å². The number of hydrogen-bond acceptors (Lipinski definition) is 6. The van der Waals surface area contributed by atoms with Gasteiger partial charge in [-0.05, 0) is 53.9 Å². The van der Waals surface area contributed by atoms with Crippen LogP contribution in [0.5, 0.6) is 11.5 Å². The highest BCUT2D eigenvalue weighted by atomic mass is 16.5. The molecular formula is C29H28N2O6. The number of ketones is 1. The van der Waals surface area contributed by atoms with Crippen LogP contribution in [-0.4, -0.2) is 36.9 Å². The number of aliphatic hydroxyl groups excluding tert-OH is 1. The van der Waals surface area contributed by atoms with E-state index in [4.69, 9.17) is 9.47 Å². The molecule has 0 spiro atoms. The fourth-order valence-electron chi connectivity index (χ4n) is 4.43. The maximum Gasteiger partial charge on any atom is 0.300 e. The normalized spacial score (nSPS) is 16.5. The smallest absolute Gasteiger partial charge is 0.300 e. The molecule has 3 aromatic carbocycles. The lowest BCUT2D eigenvalue weighted by Gasteiger charge is -2.26. The molecule has 1 unspecified atom stereocenters. The number of aliphatic hydroxyl groups is 1.